The zero-order valence-corrected chi connectivity index (χ0v) is 11.8. The monoisotopic (exact) mass is 305 g/mol. The Morgan fingerprint density at radius 1 is 1.33 bits per heavy atom. The molecule has 0 aliphatic heterocycles. The van der Waals surface area contributed by atoms with Crippen LogP contribution in [0.3, 0.4) is 0 Å². The molecule has 0 fully saturated rings. The Bertz CT molecular complexity index is 860. The van der Waals surface area contributed by atoms with Crippen LogP contribution in [-0.2, 0) is 9.84 Å². The van der Waals surface area contributed by atoms with E-state index in [1.807, 2.05) is 0 Å². The summed E-state index contributed by atoms with van der Waals surface area (Å²) < 4.78 is 25.6. The molecule has 0 saturated carbocycles. The summed E-state index contributed by atoms with van der Waals surface area (Å²) in [5.74, 6) is -0.486. The van der Waals surface area contributed by atoms with Gasteiger partial charge >= 0.3 is 6.03 Å². The molecule has 1 amide bonds. The number of hydrogen-bond donors (Lipinski definition) is 2. The molecule has 2 rings (SSSR count). The van der Waals surface area contributed by atoms with Crippen molar-refractivity contribution in [1.29, 1.82) is 5.26 Å². The summed E-state index contributed by atoms with van der Waals surface area (Å²) >= 11 is 0. The van der Waals surface area contributed by atoms with E-state index in [0.717, 1.165) is 5.56 Å². The smallest absolute Gasteiger partial charge is 0.341 e. The Morgan fingerprint density at radius 3 is 2.38 bits per heavy atom. The van der Waals surface area contributed by atoms with Crippen LogP contribution in [0.5, 0.6) is 0 Å². The van der Waals surface area contributed by atoms with Gasteiger partial charge in [0, 0.05) is 0 Å². The molecule has 0 aliphatic rings. The predicted octanol–water partition coefficient (Wildman–Crippen LogP) is 0.405. The quantitative estimate of drug-likeness (QED) is 0.821. The summed E-state index contributed by atoms with van der Waals surface area (Å²) in [6.07, 6.45) is 0. The average molecular weight is 305 g/mol. The molecule has 0 bridgehead atoms. The highest BCUT2D eigenvalue weighted by Crippen LogP contribution is 2.28. The molecule has 1 aromatic carbocycles. The zero-order chi connectivity index (χ0) is 15.8. The second kappa shape index (κ2) is 4.92. The van der Waals surface area contributed by atoms with Crippen LogP contribution in [0.1, 0.15) is 11.3 Å². The number of carbonyl (C=O) groups is 1. The van der Waals surface area contributed by atoms with Crippen LogP contribution in [0.2, 0.25) is 0 Å². The number of amides is 1. The standard InChI is InChI=1S/C12H11N5O3S/c1-7-2-4-8(5-3-7)21(19,20)10-9(6-13)16-17(11(10)14)12(15)18/h2-5H,14H2,1H3,(H2,15,18). The molecule has 108 valence electrons. The number of benzene rings is 1. The molecular formula is C12H11N5O3S. The Labute approximate surface area is 120 Å². The summed E-state index contributed by atoms with van der Waals surface area (Å²) in [6.45, 7) is 1.80. The van der Waals surface area contributed by atoms with Gasteiger partial charge in [-0.2, -0.15) is 9.94 Å². The number of nitrogen functional groups attached to an aromatic ring is 1. The van der Waals surface area contributed by atoms with Gasteiger partial charge in [-0.15, -0.1) is 5.10 Å². The number of nitrogens with zero attached hydrogens (tertiary/aromatic N) is 3. The van der Waals surface area contributed by atoms with Gasteiger partial charge in [0.25, 0.3) is 0 Å². The Hall–Kier alpha value is -2.86. The third kappa shape index (κ3) is 2.32. The van der Waals surface area contributed by atoms with Crippen molar-refractivity contribution in [3.05, 3.63) is 35.5 Å². The van der Waals surface area contributed by atoms with Crippen molar-refractivity contribution in [3.63, 3.8) is 0 Å². The van der Waals surface area contributed by atoms with Gasteiger partial charge in [0.05, 0.1) is 4.90 Å². The lowest BCUT2D eigenvalue weighted by atomic mass is 10.2. The number of rotatable bonds is 2. The molecule has 2 aromatic rings. The van der Waals surface area contributed by atoms with E-state index in [1.165, 1.54) is 12.1 Å². The number of anilines is 1. The maximum absolute atomic E-state index is 12.5. The van der Waals surface area contributed by atoms with Gasteiger partial charge in [-0.05, 0) is 19.1 Å². The number of nitriles is 1. The molecule has 1 heterocycles. The fourth-order valence-electron chi connectivity index (χ4n) is 1.76. The predicted molar refractivity (Wildman–Crippen MR) is 73.0 cm³/mol. The van der Waals surface area contributed by atoms with Crippen LogP contribution in [0.15, 0.2) is 34.1 Å². The molecule has 0 saturated heterocycles. The van der Waals surface area contributed by atoms with Crippen LogP contribution >= 0.6 is 0 Å². The van der Waals surface area contributed by atoms with Gasteiger partial charge in [-0.3, -0.25) is 0 Å². The van der Waals surface area contributed by atoms with Gasteiger partial charge in [0.2, 0.25) is 9.84 Å². The Balaban J connectivity index is 2.74. The maximum Gasteiger partial charge on any atom is 0.341 e. The van der Waals surface area contributed by atoms with Crippen molar-refractivity contribution in [2.24, 2.45) is 5.73 Å². The van der Waals surface area contributed by atoms with Crippen LogP contribution in [0.4, 0.5) is 10.6 Å². The molecule has 21 heavy (non-hydrogen) atoms. The second-order valence-electron chi connectivity index (χ2n) is 4.24. The molecule has 9 heteroatoms. The van der Waals surface area contributed by atoms with Crippen molar-refractivity contribution in [3.8, 4) is 6.07 Å². The number of sulfone groups is 1. The lowest BCUT2D eigenvalue weighted by molar-refractivity contribution is 0.248. The first kappa shape index (κ1) is 14.5. The number of aromatic nitrogens is 2. The van der Waals surface area contributed by atoms with Crippen molar-refractivity contribution < 1.29 is 13.2 Å². The van der Waals surface area contributed by atoms with E-state index in [4.69, 9.17) is 16.7 Å². The van der Waals surface area contributed by atoms with Crippen molar-refractivity contribution in [2.75, 3.05) is 5.73 Å². The third-order valence-electron chi connectivity index (χ3n) is 2.79. The lowest BCUT2D eigenvalue weighted by Gasteiger charge is -2.04. The van der Waals surface area contributed by atoms with Gasteiger partial charge in [0.15, 0.2) is 16.4 Å². The molecule has 1 aromatic heterocycles. The van der Waals surface area contributed by atoms with E-state index >= 15 is 0 Å². The van der Waals surface area contributed by atoms with Crippen molar-refractivity contribution in [1.82, 2.24) is 9.78 Å². The first-order chi connectivity index (χ1) is 9.78. The SMILES string of the molecule is Cc1ccc(S(=O)(=O)c2c(C#N)nn(C(N)=O)c2N)cc1. The highest BCUT2D eigenvalue weighted by molar-refractivity contribution is 7.91. The second-order valence-corrected chi connectivity index (χ2v) is 6.13. The minimum atomic E-state index is -4.08. The lowest BCUT2D eigenvalue weighted by Crippen LogP contribution is -2.22. The number of primary amides is 1. The fourth-order valence-corrected chi connectivity index (χ4v) is 3.19. The number of aryl methyl sites for hydroxylation is 1. The topological polar surface area (TPSA) is 145 Å². The van der Waals surface area contributed by atoms with Crippen molar-refractivity contribution >= 4 is 21.7 Å². The van der Waals surface area contributed by atoms with Crippen LogP contribution < -0.4 is 11.5 Å². The first-order valence-corrected chi connectivity index (χ1v) is 7.17. The van der Waals surface area contributed by atoms with Crippen molar-refractivity contribution in [2.45, 2.75) is 16.7 Å². The van der Waals surface area contributed by atoms with E-state index in [2.05, 4.69) is 5.10 Å². The van der Waals surface area contributed by atoms with E-state index in [1.54, 1.807) is 25.1 Å². The molecular weight excluding hydrogens is 294 g/mol. The van der Waals surface area contributed by atoms with Crippen LogP contribution in [-0.4, -0.2) is 24.2 Å². The first-order valence-electron chi connectivity index (χ1n) is 5.69. The van der Waals surface area contributed by atoms with Gasteiger partial charge in [-0.1, -0.05) is 17.7 Å². The van der Waals surface area contributed by atoms with Gasteiger partial charge < -0.3 is 11.5 Å². The summed E-state index contributed by atoms with van der Waals surface area (Å²) in [5.41, 5.74) is 11.0. The third-order valence-corrected chi connectivity index (χ3v) is 4.62. The van der Waals surface area contributed by atoms with E-state index < -0.39 is 32.3 Å². The maximum atomic E-state index is 12.5. The van der Waals surface area contributed by atoms with Gasteiger partial charge in [0.1, 0.15) is 6.07 Å². The minimum absolute atomic E-state index is 0.0553. The molecule has 8 nitrogen and oxygen atoms in total. The van der Waals surface area contributed by atoms with Crippen LogP contribution in [0, 0.1) is 18.3 Å². The largest absolute Gasteiger partial charge is 0.382 e. The zero-order valence-electron chi connectivity index (χ0n) is 10.9. The Kier molecular flexibility index (Phi) is 3.40. The molecule has 0 atom stereocenters. The summed E-state index contributed by atoms with van der Waals surface area (Å²) in [6, 6.07) is 6.50. The Morgan fingerprint density at radius 2 is 1.90 bits per heavy atom. The molecule has 0 aliphatic carbocycles. The summed E-state index contributed by atoms with van der Waals surface area (Å²) in [4.78, 5) is 10.6. The average Bonchev–Trinajstić information content (AvgIpc) is 2.77. The van der Waals surface area contributed by atoms with Gasteiger partial charge in [-0.25, -0.2) is 13.2 Å². The number of nitrogens with two attached hydrogens (primary N) is 2. The normalized spacial score (nSPS) is 11.0. The number of carbonyl (C=O) groups excluding carboxylic acids is 1. The van der Waals surface area contributed by atoms with Crippen LogP contribution in [0.25, 0.3) is 0 Å². The molecule has 0 radical (unpaired) electrons. The highest BCUT2D eigenvalue weighted by atomic mass is 32.2. The van der Waals surface area contributed by atoms with E-state index in [9.17, 15) is 13.2 Å². The summed E-state index contributed by atoms with van der Waals surface area (Å²) in [7, 11) is -4.08. The number of hydrogen-bond acceptors (Lipinski definition) is 6. The summed E-state index contributed by atoms with van der Waals surface area (Å²) in [5, 5.41) is 12.5. The fraction of sp³-hybridized carbons (Fsp3) is 0.0833. The minimum Gasteiger partial charge on any atom is -0.382 e. The molecule has 0 unspecified atom stereocenters. The van der Waals surface area contributed by atoms with E-state index in [-0.39, 0.29) is 4.90 Å². The van der Waals surface area contributed by atoms with E-state index in [0.29, 0.717) is 4.68 Å². The molecule has 4 N–H and O–H groups in total. The molecule has 0 spiro atoms. The highest BCUT2D eigenvalue weighted by Gasteiger charge is 2.30.